The van der Waals surface area contributed by atoms with Crippen molar-refractivity contribution in [1.82, 2.24) is 0 Å². The lowest BCUT2D eigenvalue weighted by Crippen LogP contribution is -2.26. The van der Waals surface area contributed by atoms with E-state index in [-0.39, 0.29) is 12.4 Å². The monoisotopic (exact) mass is 452 g/mol. The van der Waals surface area contributed by atoms with E-state index < -0.39 is 11.4 Å². The number of carbonyl (C=O) groups is 2. The Morgan fingerprint density at radius 2 is 1.84 bits per heavy atom. The van der Waals surface area contributed by atoms with E-state index in [1.807, 2.05) is 39.8 Å². The highest BCUT2D eigenvalue weighted by Crippen LogP contribution is 2.32. The molecule has 0 radical (unpaired) electrons. The molecule has 170 valence electrons. The summed E-state index contributed by atoms with van der Waals surface area (Å²) in [5.41, 5.74) is 2.26. The molecule has 0 amide bonds. The van der Waals surface area contributed by atoms with Gasteiger partial charge in [-0.15, -0.1) is 11.3 Å². The van der Waals surface area contributed by atoms with Crippen LogP contribution in [0.15, 0.2) is 42.5 Å². The minimum atomic E-state index is -0.892. The molecule has 5 heteroatoms. The summed E-state index contributed by atoms with van der Waals surface area (Å²) >= 11 is 1.74. The molecule has 1 heterocycles. The summed E-state index contributed by atoms with van der Waals surface area (Å²) in [7, 11) is 0. The van der Waals surface area contributed by atoms with Gasteiger partial charge in [0.2, 0.25) is 0 Å². The number of ether oxygens (including phenoxy) is 1. The average molecular weight is 453 g/mol. The number of fused-ring (bicyclic) bond motifs is 1. The number of hydrogen-bond acceptors (Lipinski definition) is 4. The van der Waals surface area contributed by atoms with Gasteiger partial charge in [0.25, 0.3) is 0 Å². The molecule has 1 atom stereocenters. The Morgan fingerprint density at radius 3 is 2.47 bits per heavy atom. The zero-order valence-electron chi connectivity index (χ0n) is 19.5. The summed E-state index contributed by atoms with van der Waals surface area (Å²) in [6, 6.07) is 13.7. The molecule has 0 aliphatic carbocycles. The number of carboxylic acid groups (broad SMARTS) is 1. The number of carboxylic acids is 1. The number of ketones is 1. The van der Waals surface area contributed by atoms with Crippen LogP contribution < -0.4 is 4.74 Å². The van der Waals surface area contributed by atoms with E-state index >= 15 is 0 Å². The van der Waals surface area contributed by atoms with Crippen LogP contribution in [0, 0.1) is 12.3 Å². The van der Waals surface area contributed by atoms with E-state index in [0.717, 1.165) is 40.7 Å². The molecule has 3 aromatic rings. The van der Waals surface area contributed by atoms with Crippen molar-refractivity contribution in [3.63, 3.8) is 0 Å². The Bertz CT molecular complexity index is 1120. The molecule has 2 aromatic carbocycles. The lowest BCUT2D eigenvalue weighted by Gasteiger charge is -2.19. The van der Waals surface area contributed by atoms with E-state index in [4.69, 9.17) is 4.74 Å². The van der Waals surface area contributed by atoms with Crippen LogP contribution in [-0.2, 0) is 11.2 Å². The van der Waals surface area contributed by atoms with E-state index in [9.17, 15) is 14.7 Å². The van der Waals surface area contributed by atoms with Crippen molar-refractivity contribution in [3.05, 3.63) is 64.0 Å². The second-order valence-corrected chi connectivity index (χ2v) is 10.6. The number of carbonyl (C=O) groups excluding carboxylic acids is 1. The lowest BCUT2D eigenvalue weighted by atomic mass is 9.90. The Hall–Kier alpha value is -2.66. The van der Waals surface area contributed by atoms with Crippen LogP contribution in [0.25, 0.3) is 10.1 Å². The summed E-state index contributed by atoms with van der Waals surface area (Å²) < 4.78 is 6.92. The number of Topliss-reactive ketones (excluding diaryl/α,β-unsaturated/α-hetero) is 1. The third-order valence-electron chi connectivity index (χ3n) is 5.91. The number of thiophene rings is 1. The highest BCUT2D eigenvalue weighted by molar-refractivity contribution is 7.19. The number of benzene rings is 2. The quantitative estimate of drug-likeness (QED) is 0.378. The van der Waals surface area contributed by atoms with Crippen LogP contribution in [0.2, 0.25) is 0 Å². The first-order valence-corrected chi connectivity index (χ1v) is 11.9. The van der Waals surface area contributed by atoms with Gasteiger partial charge in [-0.3, -0.25) is 4.79 Å². The van der Waals surface area contributed by atoms with Gasteiger partial charge in [-0.25, -0.2) is 4.79 Å². The fraction of sp³-hybridized carbons (Fsp3) is 0.407. The molecule has 0 aliphatic rings. The molecule has 32 heavy (non-hydrogen) atoms. The number of rotatable bonds is 9. The zero-order valence-corrected chi connectivity index (χ0v) is 20.3. The first-order valence-electron chi connectivity index (χ1n) is 11.1. The summed E-state index contributed by atoms with van der Waals surface area (Å²) in [6.07, 6.45) is 3.02. The SMILES string of the molecule is CCC(CCc1cc2cc(C(=O)O)ccc2s1)c1ccc(OCC(=O)C(C)(C)C)c(C)c1. The van der Waals surface area contributed by atoms with E-state index in [1.54, 1.807) is 23.5 Å². The standard InChI is InChI=1S/C27H32O4S/c1-6-18(7-10-22-15-21-14-20(26(29)30)9-12-24(21)32-22)19-8-11-23(17(2)13-19)31-16-25(28)27(3,4)5/h8-9,11-15,18H,6-7,10,16H2,1-5H3,(H,29,30). The van der Waals surface area contributed by atoms with Crippen LogP contribution in [-0.4, -0.2) is 23.5 Å². The second-order valence-electron chi connectivity index (χ2n) is 9.40. The first-order chi connectivity index (χ1) is 15.1. The molecule has 0 saturated carbocycles. The topological polar surface area (TPSA) is 63.6 Å². The predicted octanol–water partition coefficient (Wildman–Crippen LogP) is 7.03. The van der Waals surface area contributed by atoms with Crippen molar-refractivity contribution >= 4 is 33.2 Å². The molecule has 0 aliphatic heterocycles. The molecule has 0 spiro atoms. The van der Waals surface area contributed by atoms with Gasteiger partial charge in [-0.2, -0.15) is 0 Å². The van der Waals surface area contributed by atoms with Crippen molar-refractivity contribution < 1.29 is 19.4 Å². The molecule has 1 aromatic heterocycles. The maximum atomic E-state index is 12.2. The van der Waals surface area contributed by atoms with Crippen LogP contribution >= 0.6 is 11.3 Å². The highest BCUT2D eigenvalue weighted by Gasteiger charge is 2.22. The fourth-order valence-electron chi connectivity index (χ4n) is 3.73. The molecule has 0 saturated heterocycles. The first kappa shape index (κ1) is 24.0. The highest BCUT2D eigenvalue weighted by atomic mass is 32.1. The normalized spacial score (nSPS) is 12.7. The largest absolute Gasteiger partial charge is 0.486 e. The Labute approximate surface area is 194 Å². The van der Waals surface area contributed by atoms with Gasteiger partial charge in [0.05, 0.1) is 5.56 Å². The van der Waals surface area contributed by atoms with Crippen LogP contribution in [0.4, 0.5) is 0 Å². The second kappa shape index (κ2) is 9.86. The van der Waals surface area contributed by atoms with Crippen LogP contribution in [0.3, 0.4) is 0 Å². The molecular weight excluding hydrogens is 420 g/mol. The molecule has 4 nitrogen and oxygen atoms in total. The van der Waals surface area contributed by atoms with Gasteiger partial charge in [0.15, 0.2) is 5.78 Å². The average Bonchev–Trinajstić information content (AvgIpc) is 3.14. The maximum Gasteiger partial charge on any atom is 0.335 e. The van der Waals surface area contributed by atoms with Gasteiger partial charge in [0.1, 0.15) is 12.4 Å². The summed E-state index contributed by atoms with van der Waals surface area (Å²) in [6.45, 7) is 10.0. The summed E-state index contributed by atoms with van der Waals surface area (Å²) in [4.78, 5) is 24.6. The molecule has 0 fully saturated rings. The maximum absolute atomic E-state index is 12.2. The van der Waals surface area contributed by atoms with Crippen molar-refractivity contribution in [2.75, 3.05) is 6.61 Å². The lowest BCUT2D eigenvalue weighted by molar-refractivity contribution is -0.128. The van der Waals surface area contributed by atoms with Gasteiger partial charge in [-0.1, -0.05) is 39.8 Å². The number of aromatic carboxylic acids is 1. The van der Waals surface area contributed by atoms with E-state index in [0.29, 0.717) is 11.5 Å². The van der Waals surface area contributed by atoms with Gasteiger partial charge >= 0.3 is 5.97 Å². The summed E-state index contributed by atoms with van der Waals surface area (Å²) in [5.74, 6) is 0.390. The third-order valence-corrected chi connectivity index (χ3v) is 7.09. The summed E-state index contributed by atoms with van der Waals surface area (Å²) in [5, 5.41) is 10.2. The Balaban J connectivity index is 1.66. The van der Waals surface area contributed by atoms with Crippen molar-refractivity contribution in [1.29, 1.82) is 0 Å². The van der Waals surface area contributed by atoms with Crippen LogP contribution in [0.5, 0.6) is 5.75 Å². The molecule has 1 unspecified atom stereocenters. The smallest absolute Gasteiger partial charge is 0.335 e. The third kappa shape index (κ3) is 5.77. The molecule has 3 rings (SSSR count). The minimum Gasteiger partial charge on any atom is -0.486 e. The zero-order chi connectivity index (χ0) is 23.5. The van der Waals surface area contributed by atoms with Crippen molar-refractivity contribution in [3.8, 4) is 5.75 Å². The van der Waals surface area contributed by atoms with Gasteiger partial charge < -0.3 is 9.84 Å². The Morgan fingerprint density at radius 1 is 1.09 bits per heavy atom. The van der Waals surface area contributed by atoms with Crippen LogP contribution in [0.1, 0.15) is 72.8 Å². The predicted molar refractivity (Wildman–Crippen MR) is 131 cm³/mol. The van der Waals surface area contributed by atoms with Crippen molar-refractivity contribution in [2.45, 2.75) is 59.8 Å². The van der Waals surface area contributed by atoms with E-state index in [1.165, 1.54) is 10.4 Å². The Kier molecular flexibility index (Phi) is 7.40. The number of aryl methyl sites for hydroxylation is 2. The minimum absolute atomic E-state index is 0.0891. The molecule has 1 N–H and O–H groups in total. The van der Waals surface area contributed by atoms with Gasteiger partial charge in [0, 0.05) is 15.0 Å². The molecule has 0 bridgehead atoms. The molecular formula is C27H32O4S. The van der Waals surface area contributed by atoms with Crippen molar-refractivity contribution in [2.24, 2.45) is 5.41 Å². The van der Waals surface area contributed by atoms with Gasteiger partial charge in [-0.05, 0) is 78.9 Å². The van der Waals surface area contributed by atoms with E-state index in [2.05, 4.69) is 25.1 Å². The number of hydrogen-bond donors (Lipinski definition) is 1. The fourth-order valence-corrected chi connectivity index (χ4v) is 4.79.